The van der Waals surface area contributed by atoms with Crippen molar-refractivity contribution in [2.24, 2.45) is 5.73 Å². The van der Waals surface area contributed by atoms with Crippen molar-refractivity contribution < 1.29 is 9.53 Å². The number of carbonyl (C=O) groups is 1. The molecule has 0 spiro atoms. The van der Waals surface area contributed by atoms with E-state index in [-0.39, 0.29) is 0 Å². The second kappa shape index (κ2) is 5.58. The van der Waals surface area contributed by atoms with E-state index in [1.165, 1.54) is 7.11 Å². The van der Waals surface area contributed by atoms with Gasteiger partial charge in [-0.05, 0) is 18.2 Å². The summed E-state index contributed by atoms with van der Waals surface area (Å²) in [5.74, 6) is -0.448. The first-order chi connectivity index (χ1) is 7.19. The van der Waals surface area contributed by atoms with Crippen molar-refractivity contribution in [2.75, 3.05) is 25.5 Å². The van der Waals surface area contributed by atoms with Gasteiger partial charge in [-0.15, -0.1) is 0 Å². The Morgan fingerprint density at radius 1 is 1.60 bits per heavy atom. The lowest BCUT2D eigenvalue weighted by molar-refractivity contribution is 0.0601. The largest absolute Gasteiger partial charge is 0.465 e. The Kier molecular flexibility index (Phi) is 4.39. The molecular formula is C10H13ClN2O2. The second-order valence-electron chi connectivity index (χ2n) is 2.90. The molecular weight excluding hydrogens is 216 g/mol. The smallest absolute Gasteiger partial charge is 0.339 e. The predicted octanol–water partition coefficient (Wildman–Crippen LogP) is 1.50. The number of esters is 1. The van der Waals surface area contributed by atoms with Gasteiger partial charge in [0, 0.05) is 18.8 Å². The van der Waals surface area contributed by atoms with Gasteiger partial charge in [-0.3, -0.25) is 0 Å². The first-order valence-corrected chi connectivity index (χ1v) is 4.88. The van der Waals surface area contributed by atoms with Crippen LogP contribution < -0.4 is 11.1 Å². The summed E-state index contributed by atoms with van der Waals surface area (Å²) in [6, 6.07) is 5.07. The van der Waals surface area contributed by atoms with Gasteiger partial charge in [-0.25, -0.2) is 4.79 Å². The topological polar surface area (TPSA) is 64.3 Å². The van der Waals surface area contributed by atoms with Gasteiger partial charge in [0.15, 0.2) is 0 Å². The van der Waals surface area contributed by atoms with Crippen molar-refractivity contribution in [1.29, 1.82) is 0 Å². The first kappa shape index (κ1) is 11.8. The molecule has 1 aromatic rings. The summed E-state index contributed by atoms with van der Waals surface area (Å²) in [7, 11) is 1.32. The van der Waals surface area contributed by atoms with E-state index in [0.29, 0.717) is 23.7 Å². The fourth-order valence-electron chi connectivity index (χ4n) is 1.12. The van der Waals surface area contributed by atoms with Gasteiger partial charge in [-0.2, -0.15) is 0 Å². The van der Waals surface area contributed by atoms with Gasteiger partial charge in [0.25, 0.3) is 0 Å². The number of carbonyl (C=O) groups excluding carboxylic acids is 1. The van der Waals surface area contributed by atoms with E-state index in [1.807, 2.05) is 0 Å². The van der Waals surface area contributed by atoms with E-state index >= 15 is 0 Å². The molecule has 15 heavy (non-hydrogen) atoms. The number of hydrogen-bond donors (Lipinski definition) is 2. The van der Waals surface area contributed by atoms with Crippen LogP contribution >= 0.6 is 11.6 Å². The summed E-state index contributed by atoms with van der Waals surface area (Å²) in [5, 5.41) is 3.42. The van der Waals surface area contributed by atoms with E-state index in [9.17, 15) is 4.79 Å². The van der Waals surface area contributed by atoms with Gasteiger partial charge < -0.3 is 15.8 Å². The summed E-state index contributed by atoms with van der Waals surface area (Å²) in [5.41, 5.74) is 6.49. The van der Waals surface area contributed by atoms with Crippen molar-refractivity contribution in [2.45, 2.75) is 0 Å². The van der Waals surface area contributed by atoms with Crippen LogP contribution in [0.5, 0.6) is 0 Å². The van der Waals surface area contributed by atoms with Gasteiger partial charge in [-0.1, -0.05) is 11.6 Å². The van der Waals surface area contributed by atoms with Gasteiger partial charge in [0.2, 0.25) is 0 Å². The third-order valence-corrected chi connectivity index (χ3v) is 2.17. The molecule has 5 heteroatoms. The Bertz CT molecular complexity index is 355. The zero-order valence-corrected chi connectivity index (χ0v) is 9.17. The fraction of sp³-hybridized carbons (Fsp3) is 0.300. The van der Waals surface area contributed by atoms with Crippen LogP contribution in [0.2, 0.25) is 5.02 Å². The van der Waals surface area contributed by atoms with Crippen LogP contribution in [0.4, 0.5) is 5.69 Å². The highest BCUT2D eigenvalue weighted by molar-refractivity contribution is 6.33. The number of halogens is 1. The van der Waals surface area contributed by atoms with Crippen molar-refractivity contribution in [3.05, 3.63) is 28.8 Å². The summed E-state index contributed by atoms with van der Waals surface area (Å²) in [6.07, 6.45) is 0. The molecule has 0 aliphatic heterocycles. The molecule has 0 radical (unpaired) electrons. The van der Waals surface area contributed by atoms with Gasteiger partial charge in [0.1, 0.15) is 0 Å². The molecule has 4 nitrogen and oxygen atoms in total. The summed E-state index contributed by atoms with van der Waals surface area (Å²) in [4.78, 5) is 11.3. The van der Waals surface area contributed by atoms with E-state index in [1.54, 1.807) is 18.2 Å². The van der Waals surface area contributed by atoms with Crippen LogP contribution in [0, 0.1) is 0 Å². The molecule has 0 aliphatic rings. The Balaban J connectivity index is 2.89. The number of ether oxygens (including phenoxy) is 1. The zero-order valence-electron chi connectivity index (χ0n) is 8.42. The summed E-state index contributed by atoms with van der Waals surface area (Å²) in [6.45, 7) is 1.17. The maximum atomic E-state index is 11.3. The van der Waals surface area contributed by atoms with Crippen molar-refractivity contribution in [3.63, 3.8) is 0 Å². The zero-order chi connectivity index (χ0) is 11.3. The molecule has 3 N–H and O–H groups in total. The van der Waals surface area contributed by atoms with Crippen LogP contribution in [0.25, 0.3) is 0 Å². The van der Waals surface area contributed by atoms with Crippen LogP contribution in [0.1, 0.15) is 10.4 Å². The summed E-state index contributed by atoms with van der Waals surface area (Å²) >= 11 is 5.85. The lowest BCUT2D eigenvalue weighted by Crippen LogP contribution is -2.13. The molecule has 1 rings (SSSR count). The van der Waals surface area contributed by atoms with Crippen LogP contribution in [0.15, 0.2) is 18.2 Å². The number of nitrogens with one attached hydrogen (secondary N) is 1. The third kappa shape index (κ3) is 3.11. The number of anilines is 1. The van der Waals surface area contributed by atoms with Gasteiger partial charge >= 0.3 is 5.97 Å². The number of methoxy groups -OCH3 is 1. The summed E-state index contributed by atoms with van der Waals surface area (Å²) < 4.78 is 4.60. The molecule has 0 aromatic heterocycles. The molecule has 0 saturated heterocycles. The molecule has 0 unspecified atom stereocenters. The fourth-order valence-corrected chi connectivity index (χ4v) is 1.31. The molecule has 0 heterocycles. The SMILES string of the molecule is COC(=O)c1cc(NCCN)ccc1Cl. The average Bonchev–Trinajstić information content (AvgIpc) is 2.27. The lowest BCUT2D eigenvalue weighted by Gasteiger charge is -2.07. The molecule has 0 atom stereocenters. The predicted molar refractivity (Wildman–Crippen MR) is 60.3 cm³/mol. The van der Waals surface area contributed by atoms with Crippen LogP contribution in [0.3, 0.4) is 0 Å². The highest BCUT2D eigenvalue weighted by Gasteiger charge is 2.10. The normalized spacial score (nSPS) is 9.80. The molecule has 0 amide bonds. The van der Waals surface area contributed by atoms with E-state index in [0.717, 1.165) is 5.69 Å². The highest BCUT2D eigenvalue weighted by atomic mass is 35.5. The molecule has 0 aliphatic carbocycles. The Morgan fingerprint density at radius 2 is 2.33 bits per heavy atom. The minimum Gasteiger partial charge on any atom is -0.465 e. The minimum absolute atomic E-state index is 0.348. The van der Waals surface area contributed by atoms with Gasteiger partial charge in [0.05, 0.1) is 17.7 Å². The highest BCUT2D eigenvalue weighted by Crippen LogP contribution is 2.21. The molecule has 82 valence electrons. The van der Waals surface area contributed by atoms with Crippen molar-refractivity contribution in [3.8, 4) is 0 Å². The van der Waals surface area contributed by atoms with Crippen molar-refractivity contribution >= 4 is 23.3 Å². The monoisotopic (exact) mass is 228 g/mol. The minimum atomic E-state index is -0.448. The Hall–Kier alpha value is -1.26. The van der Waals surface area contributed by atoms with E-state index in [2.05, 4.69) is 10.1 Å². The number of rotatable bonds is 4. The maximum absolute atomic E-state index is 11.3. The van der Waals surface area contributed by atoms with Crippen LogP contribution in [-0.4, -0.2) is 26.2 Å². The standard InChI is InChI=1S/C10H13ClN2O2/c1-15-10(14)8-6-7(13-5-4-12)2-3-9(8)11/h2-3,6,13H,4-5,12H2,1H3. The molecule has 0 saturated carbocycles. The maximum Gasteiger partial charge on any atom is 0.339 e. The number of hydrogen-bond acceptors (Lipinski definition) is 4. The second-order valence-corrected chi connectivity index (χ2v) is 3.31. The van der Waals surface area contributed by atoms with Crippen LogP contribution in [-0.2, 0) is 4.74 Å². The van der Waals surface area contributed by atoms with E-state index in [4.69, 9.17) is 17.3 Å². The average molecular weight is 229 g/mol. The molecule has 1 aromatic carbocycles. The molecule has 0 fully saturated rings. The lowest BCUT2D eigenvalue weighted by atomic mass is 10.2. The third-order valence-electron chi connectivity index (χ3n) is 1.85. The van der Waals surface area contributed by atoms with E-state index < -0.39 is 5.97 Å². The Morgan fingerprint density at radius 3 is 2.93 bits per heavy atom. The quantitative estimate of drug-likeness (QED) is 0.767. The first-order valence-electron chi connectivity index (χ1n) is 4.51. The number of benzene rings is 1. The van der Waals surface area contributed by atoms with Crippen molar-refractivity contribution in [1.82, 2.24) is 0 Å². The molecule has 0 bridgehead atoms. The Labute approximate surface area is 93.4 Å². The number of nitrogens with two attached hydrogens (primary N) is 1.